The molecule has 0 saturated heterocycles. The van der Waals surface area contributed by atoms with Gasteiger partial charge < -0.3 is 5.32 Å². The van der Waals surface area contributed by atoms with Crippen molar-refractivity contribution in [3.63, 3.8) is 0 Å². The van der Waals surface area contributed by atoms with Crippen molar-refractivity contribution in [3.8, 4) is 0 Å². The summed E-state index contributed by atoms with van der Waals surface area (Å²) in [6.45, 7) is 0.406. The summed E-state index contributed by atoms with van der Waals surface area (Å²) in [6, 6.07) is 0.875. The van der Waals surface area contributed by atoms with Gasteiger partial charge in [-0.1, -0.05) is 5.21 Å². The number of aromatic nitrogens is 3. The SMILES string of the molecule is O=C(NCCn1ccnn1)c1cc(F)c([N+](=O)[O-])cc1F. The van der Waals surface area contributed by atoms with Gasteiger partial charge in [0.15, 0.2) is 0 Å². The molecule has 0 spiro atoms. The first-order valence-electron chi connectivity index (χ1n) is 5.75. The van der Waals surface area contributed by atoms with Crippen LogP contribution in [0.5, 0.6) is 0 Å². The lowest BCUT2D eigenvalue weighted by molar-refractivity contribution is -0.387. The Morgan fingerprint density at radius 2 is 2.14 bits per heavy atom. The summed E-state index contributed by atoms with van der Waals surface area (Å²) in [7, 11) is 0. The van der Waals surface area contributed by atoms with E-state index in [1.807, 2.05) is 0 Å². The van der Waals surface area contributed by atoms with E-state index in [-0.39, 0.29) is 6.54 Å². The first-order valence-corrected chi connectivity index (χ1v) is 5.75. The summed E-state index contributed by atoms with van der Waals surface area (Å²) < 4.78 is 28.4. The van der Waals surface area contributed by atoms with Crippen LogP contribution in [0.25, 0.3) is 0 Å². The van der Waals surface area contributed by atoms with Crippen LogP contribution in [0.4, 0.5) is 14.5 Å². The van der Waals surface area contributed by atoms with Crippen LogP contribution in [-0.4, -0.2) is 32.4 Å². The number of halogens is 2. The predicted octanol–water partition coefficient (Wildman–Crippen LogP) is 0.894. The zero-order chi connectivity index (χ0) is 15.4. The van der Waals surface area contributed by atoms with Crippen LogP contribution in [0, 0.1) is 21.7 Å². The molecule has 10 heteroatoms. The number of rotatable bonds is 5. The van der Waals surface area contributed by atoms with E-state index in [2.05, 4.69) is 15.6 Å². The molecule has 2 rings (SSSR count). The van der Waals surface area contributed by atoms with Crippen LogP contribution >= 0.6 is 0 Å². The van der Waals surface area contributed by atoms with E-state index in [1.165, 1.54) is 10.9 Å². The summed E-state index contributed by atoms with van der Waals surface area (Å²) in [5.74, 6) is -3.31. The Balaban J connectivity index is 2.05. The van der Waals surface area contributed by atoms with Gasteiger partial charge in [0, 0.05) is 12.7 Å². The highest BCUT2D eigenvalue weighted by atomic mass is 19.1. The third-order valence-corrected chi connectivity index (χ3v) is 2.58. The predicted molar refractivity (Wildman–Crippen MR) is 65.4 cm³/mol. The molecule has 1 heterocycles. The number of nitro benzene ring substituents is 1. The maximum absolute atomic E-state index is 13.6. The molecule has 0 saturated carbocycles. The fourth-order valence-electron chi connectivity index (χ4n) is 1.58. The van der Waals surface area contributed by atoms with Crippen LogP contribution < -0.4 is 5.32 Å². The van der Waals surface area contributed by atoms with Crippen LogP contribution in [0.15, 0.2) is 24.5 Å². The highest BCUT2D eigenvalue weighted by Crippen LogP contribution is 2.21. The topological polar surface area (TPSA) is 103 Å². The van der Waals surface area contributed by atoms with Crippen LogP contribution in [0.1, 0.15) is 10.4 Å². The molecular weight excluding hydrogens is 288 g/mol. The number of carbonyl (C=O) groups is 1. The molecule has 2 aromatic rings. The number of hydrogen-bond acceptors (Lipinski definition) is 5. The zero-order valence-electron chi connectivity index (χ0n) is 10.5. The van der Waals surface area contributed by atoms with Gasteiger partial charge in [0.1, 0.15) is 5.82 Å². The van der Waals surface area contributed by atoms with E-state index >= 15 is 0 Å². The van der Waals surface area contributed by atoms with Crippen molar-refractivity contribution in [2.45, 2.75) is 6.54 Å². The first-order chi connectivity index (χ1) is 9.99. The third kappa shape index (κ3) is 3.35. The van der Waals surface area contributed by atoms with Crippen molar-refractivity contribution in [1.82, 2.24) is 20.3 Å². The molecule has 1 N–H and O–H groups in total. The van der Waals surface area contributed by atoms with Crippen molar-refractivity contribution < 1.29 is 18.5 Å². The summed E-state index contributed by atoms with van der Waals surface area (Å²) in [6.07, 6.45) is 3.02. The van der Waals surface area contributed by atoms with Crippen molar-refractivity contribution >= 4 is 11.6 Å². The third-order valence-electron chi connectivity index (χ3n) is 2.58. The molecule has 1 amide bonds. The number of nitrogens with one attached hydrogen (secondary N) is 1. The van der Waals surface area contributed by atoms with E-state index in [0.717, 1.165) is 0 Å². The van der Waals surface area contributed by atoms with Crippen molar-refractivity contribution in [3.05, 3.63) is 51.8 Å². The molecule has 0 atom stereocenters. The standard InChI is InChI=1S/C11H9F2N5O3/c12-8-6-10(18(20)21)9(13)5-7(8)11(19)14-1-3-17-4-2-15-16-17/h2,4-6H,1,3H2,(H,14,19). The molecular formula is C11H9F2N5O3. The Kier molecular flexibility index (Phi) is 4.16. The largest absolute Gasteiger partial charge is 0.350 e. The molecule has 110 valence electrons. The van der Waals surface area contributed by atoms with E-state index in [9.17, 15) is 23.7 Å². The molecule has 0 aliphatic carbocycles. The minimum Gasteiger partial charge on any atom is -0.350 e. The molecule has 0 fully saturated rings. The van der Waals surface area contributed by atoms with Gasteiger partial charge in [0.05, 0.1) is 29.3 Å². The fourth-order valence-corrected chi connectivity index (χ4v) is 1.58. The zero-order valence-corrected chi connectivity index (χ0v) is 10.5. The van der Waals surface area contributed by atoms with Crippen molar-refractivity contribution in [1.29, 1.82) is 0 Å². The minimum atomic E-state index is -1.28. The van der Waals surface area contributed by atoms with E-state index in [4.69, 9.17) is 0 Å². The van der Waals surface area contributed by atoms with Gasteiger partial charge in [-0.15, -0.1) is 5.10 Å². The summed E-state index contributed by atoms with van der Waals surface area (Å²) >= 11 is 0. The summed E-state index contributed by atoms with van der Waals surface area (Å²) in [5.41, 5.74) is -1.62. The lowest BCUT2D eigenvalue weighted by Gasteiger charge is -2.06. The number of hydrogen-bond donors (Lipinski definition) is 1. The summed E-state index contributed by atoms with van der Waals surface area (Å²) in [4.78, 5) is 21.1. The molecule has 0 unspecified atom stereocenters. The second-order valence-corrected chi connectivity index (χ2v) is 3.96. The Morgan fingerprint density at radius 1 is 1.38 bits per heavy atom. The first kappa shape index (κ1) is 14.5. The second kappa shape index (κ2) is 6.03. The maximum atomic E-state index is 13.6. The van der Waals surface area contributed by atoms with E-state index in [0.29, 0.717) is 18.7 Å². The van der Waals surface area contributed by atoms with Gasteiger partial charge in [-0.25, -0.2) is 4.39 Å². The van der Waals surface area contributed by atoms with Gasteiger partial charge in [0.25, 0.3) is 5.91 Å². The molecule has 1 aromatic heterocycles. The molecule has 0 aliphatic rings. The molecule has 0 radical (unpaired) electrons. The molecule has 0 aliphatic heterocycles. The number of carbonyl (C=O) groups excluding carboxylic acids is 1. The fraction of sp³-hybridized carbons (Fsp3) is 0.182. The van der Waals surface area contributed by atoms with Crippen molar-refractivity contribution in [2.24, 2.45) is 0 Å². The van der Waals surface area contributed by atoms with Crippen LogP contribution in [-0.2, 0) is 6.54 Å². The van der Waals surface area contributed by atoms with Gasteiger partial charge in [-0.05, 0) is 6.07 Å². The van der Waals surface area contributed by atoms with Gasteiger partial charge in [0.2, 0.25) is 5.82 Å². The van der Waals surface area contributed by atoms with Gasteiger partial charge in [-0.3, -0.25) is 19.6 Å². The summed E-state index contributed by atoms with van der Waals surface area (Å²) in [5, 5.41) is 20.0. The second-order valence-electron chi connectivity index (χ2n) is 3.96. The minimum absolute atomic E-state index is 0.111. The molecule has 1 aromatic carbocycles. The average Bonchev–Trinajstić information content (AvgIpc) is 2.93. The Bertz CT molecular complexity index is 675. The smallest absolute Gasteiger partial charge is 0.307 e. The quantitative estimate of drug-likeness (QED) is 0.652. The molecule has 0 bridgehead atoms. The van der Waals surface area contributed by atoms with Crippen LogP contribution in [0.2, 0.25) is 0 Å². The molecule has 8 nitrogen and oxygen atoms in total. The van der Waals surface area contributed by atoms with Crippen LogP contribution in [0.3, 0.4) is 0 Å². The highest BCUT2D eigenvalue weighted by Gasteiger charge is 2.21. The highest BCUT2D eigenvalue weighted by molar-refractivity contribution is 5.94. The molecule has 21 heavy (non-hydrogen) atoms. The lowest BCUT2D eigenvalue weighted by Crippen LogP contribution is -2.28. The Labute approximate surface area is 116 Å². The number of amides is 1. The average molecular weight is 297 g/mol. The number of benzene rings is 1. The lowest BCUT2D eigenvalue weighted by atomic mass is 10.1. The maximum Gasteiger partial charge on any atom is 0.307 e. The van der Waals surface area contributed by atoms with E-state index in [1.54, 1.807) is 6.20 Å². The number of nitro groups is 1. The Morgan fingerprint density at radius 3 is 2.76 bits per heavy atom. The van der Waals surface area contributed by atoms with Gasteiger partial charge >= 0.3 is 5.69 Å². The Hall–Kier alpha value is -2.91. The normalized spacial score (nSPS) is 10.4. The van der Waals surface area contributed by atoms with E-state index < -0.39 is 33.7 Å². The van der Waals surface area contributed by atoms with Crippen molar-refractivity contribution in [2.75, 3.05) is 6.54 Å². The number of nitrogens with zero attached hydrogens (tertiary/aromatic N) is 4. The monoisotopic (exact) mass is 297 g/mol. The van der Waals surface area contributed by atoms with Gasteiger partial charge in [-0.2, -0.15) is 4.39 Å².